The molecule has 2 N–H and O–H groups in total. The zero-order valence-corrected chi connectivity index (χ0v) is 12.8. The Kier molecular flexibility index (Phi) is 3.07. The SMILES string of the molecule is Cc1cc2nc(CN3C[C@@H]4COC[C@]4(C(=O)O)C3)cc(=O)n2[nH]1. The Hall–Kier alpha value is -2.19. The van der Waals surface area contributed by atoms with Crippen LogP contribution in [0.3, 0.4) is 0 Å². The molecule has 2 aromatic heterocycles. The molecule has 2 fully saturated rings. The van der Waals surface area contributed by atoms with Gasteiger partial charge in [0.25, 0.3) is 5.56 Å². The minimum atomic E-state index is -0.816. The Bertz CT molecular complexity index is 842. The molecule has 0 spiro atoms. The molecule has 0 unspecified atom stereocenters. The van der Waals surface area contributed by atoms with Crippen molar-refractivity contribution in [1.29, 1.82) is 0 Å². The van der Waals surface area contributed by atoms with Gasteiger partial charge in [0, 0.05) is 43.4 Å². The lowest BCUT2D eigenvalue weighted by molar-refractivity contribution is -0.149. The van der Waals surface area contributed by atoms with E-state index in [4.69, 9.17) is 4.74 Å². The van der Waals surface area contributed by atoms with Gasteiger partial charge in [-0.3, -0.25) is 19.6 Å². The number of hydrogen-bond donors (Lipinski definition) is 2. The lowest BCUT2D eigenvalue weighted by atomic mass is 9.81. The van der Waals surface area contributed by atoms with Gasteiger partial charge >= 0.3 is 5.97 Å². The number of rotatable bonds is 3. The maximum atomic E-state index is 12.1. The molecule has 122 valence electrons. The van der Waals surface area contributed by atoms with Crippen LogP contribution in [0.5, 0.6) is 0 Å². The first-order valence-corrected chi connectivity index (χ1v) is 7.60. The van der Waals surface area contributed by atoms with Crippen LogP contribution < -0.4 is 5.56 Å². The molecular formula is C15H18N4O4. The van der Waals surface area contributed by atoms with Gasteiger partial charge in [0.15, 0.2) is 5.65 Å². The number of nitrogens with one attached hydrogen (secondary N) is 1. The van der Waals surface area contributed by atoms with Crippen molar-refractivity contribution < 1.29 is 14.6 Å². The third-order valence-corrected chi connectivity index (χ3v) is 4.89. The highest BCUT2D eigenvalue weighted by Gasteiger charge is 2.56. The summed E-state index contributed by atoms with van der Waals surface area (Å²) in [5, 5.41) is 12.5. The lowest BCUT2D eigenvalue weighted by Gasteiger charge is -2.21. The molecule has 0 radical (unpaired) electrons. The van der Waals surface area contributed by atoms with E-state index < -0.39 is 11.4 Å². The first-order valence-electron chi connectivity index (χ1n) is 7.60. The summed E-state index contributed by atoms with van der Waals surface area (Å²) < 4.78 is 6.78. The monoisotopic (exact) mass is 318 g/mol. The van der Waals surface area contributed by atoms with Crippen molar-refractivity contribution in [3.05, 3.63) is 33.9 Å². The Balaban J connectivity index is 1.60. The van der Waals surface area contributed by atoms with Crippen LogP contribution in [-0.4, -0.2) is 56.9 Å². The van der Waals surface area contributed by atoms with Crippen molar-refractivity contribution in [3.63, 3.8) is 0 Å². The van der Waals surface area contributed by atoms with Crippen LogP contribution in [0.2, 0.25) is 0 Å². The number of aliphatic carboxylic acids is 1. The van der Waals surface area contributed by atoms with Crippen LogP contribution in [0, 0.1) is 18.3 Å². The van der Waals surface area contributed by atoms with E-state index in [2.05, 4.69) is 15.0 Å². The lowest BCUT2D eigenvalue weighted by Crippen LogP contribution is -2.39. The van der Waals surface area contributed by atoms with Crippen molar-refractivity contribution in [3.8, 4) is 0 Å². The summed E-state index contributed by atoms with van der Waals surface area (Å²) in [5.41, 5.74) is 1.14. The molecule has 0 amide bonds. The number of ether oxygens (including phenoxy) is 1. The highest BCUT2D eigenvalue weighted by molar-refractivity contribution is 5.76. The second-order valence-corrected chi connectivity index (χ2v) is 6.56. The smallest absolute Gasteiger partial charge is 0.313 e. The van der Waals surface area contributed by atoms with E-state index in [-0.39, 0.29) is 18.1 Å². The molecule has 2 aliphatic rings. The maximum Gasteiger partial charge on any atom is 0.313 e. The summed E-state index contributed by atoms with van der Waals surface area (Å²) in [6.45, 7) is 4.16. The van der Waals surface area contributed by atoms with E-state index in [1.165, 1.54) is 10.6 Å². The molecule has 4 rings (SSSR count). The summed E-state index contributed by atoms with van der Waals surface area (Å²) in [7, 11) is 0. The molecule has 4 heterocycles. The fraction of sp³-hybridized carbons (Fsp3) is 0.533. The van der Waals surface area contributed by atoms with Gasteiger partial charge in [-0.2, -0.15) is 0 Å². The minimum absolute atomic E-state index is 0.000619. The first kappa shape index (κ1) is 14.4. The largest absolute Gasteiger partial charge is 0.481 e. The predicted octanol–water partition coefficient (Wildman–Crippen LogP) is -0.136. The minimum Gasteiger partial charge on any atom is -0.481 e. The van der Waals surface area contributed by atoms with Gasteiger partial charge in [-0.1, -0.05) is 0 Å². The highest BCUT2D eigenvalue weighted by Crippen LogP contribution is 2.41. The molecule has 2 aliphatic heterocycles. The van der Waals surface area contributed by atoms with Crippen LogP contribution in [0.1, 0.15) is 11.4 Å². The number of likely N-dealkylation sites (tertiary alicyclic amines) is 1. The zero-order valence-electron chi connectivity index (χ0n) is 12.8. The fourth-order valence-corrected chi connectivity index (χ4v) is 3.73. The van der Waals surface area contributed by atoms with Gasteiger partial charge in [-0.25, -0.2) is 9.50 Å². The summed E-state index contributed by atoms with van der Waals surface area (Å²) in [5.74, 6) is -0.799. The van der Waals surface area contributed by atoms with Gasteiger partial charge in [0.05, 0.1) is 18.9 Å². The number of aromatic nitrogens is 3. The molecule has 0 aliphatic carbocycles. The van der Waals surface area contributed by atoms with E-state index in [1.807, 2.05) is 13.0 Å². The van der Waals surface area contributed by atoms with Gasteiger partial charge in [0.2, 0.25) is 0 Å². The molecule has 2 saturated heterocycles. The number of nitrogens with zero attached hydrogens (tertiary/aromatic N) is 3. The van der Waals surface area contributed by atoms with E-state index in [1.54, 1.807) is 0 Å². The van der Waals surface area contributed by atoms with Crippen molar-refractivity contribution in [2.24, 2.45) is 11.3 Å². The fourth-order valence-electron chi connectivity index (χ4n) is 3.73. The summed E-state index contributed by atoms with van der Waals surface area (Å²) in [6, 6.07) is 3.32. The van der Waals surface area contributed by atoms with Crippen molar-refractivity contribution in [2.45, 2.75) is 13.5 Å². The van der Waals surface area contributed by atoms with Crippen LogP contribution in [0.15, 0.2) is 16.9 Å². The van der Waals surface area contributed by atoms with Crippen molar-refractivity contribution in [2.75, 3.05) is 26.3 Å². The number of carboxylic acid groups (broad SMARTS) is 1. The standard InChI is InChI=1S/C15H18N4O4/c1-9-2-12-16-11(3-13(20)19(12)17-9)5-18-4-10-6-23-8-15(10,7-18)14(21)22/h2-3,10,17H,4-8H2,1H3,(H,21,22)/t10-,15-/m1/s1. The van der Waals surface area contributed by atoms with Crippen LogP contribution in [0.25, 0.3) is 5.65 Å². The van der Waals surface area contributed by atoms with Crippen LogP contribution in [-0.2, 0) is 16.1 Å². The number of carboxylic acids is 1. The summed E-state index contributed by atoms with van der Waals surface area (Å²) in [4.78, 5) is 30.3. The summed E-state index contributed by atoms with van der Waals surface area (Å²) >= 11 is 0. The quantitative estimate of drug-likeness (QED) is 0.817. The Morgan fingerprint density at radius 3 is 3.13 bits per heavy atom. The first-order chi connectivity index (χ1) is 11.0. The number of aryl methyl sites for hydroxylation is 1. The molecule has 2 atom stereocenters. The molecular weight excluding hydrogens is 300 g/mol. The highest BCUT2D eigenvalue weighted by atomic mass is 16.5. The number of carbonyl (C=O) groups is 1. The number of H-pyrrole nitrogens is 1. The molecule has 2 aromatic rings. The van der Waals surface area contributed by atoms with Crippen LogP contribution in [0.4, 0.5) is 0 Å². The second kappa shape index (κ2) is 4.90. The molecule has 0 saturated carbocycles. The average Bonchev–Trinajstić information content (AvgIpc) is 3.10. The van der Waals surface area contributed by atoms with Gasteiger partial charge in [-0.05, 0) is 6.92 Å². The zero-order chi connectivity index (χ0) is 16.2. The summed E-state index contributed by atoms with van der Waals surface area (Å²) in [6.07, 6.45) is 0. The van der Waals surface area contributed by atoms with Crippen molar-refractivity contribution in [1.82, 2.24) is 19.5 Å². The van der Waals surface area contributed by atoms with E-state index in [0.29, 0.717) is 37.6 Å². The molecule has 8 nitrogen and oxygen atoms in total. The van der Waals surface area contributed by atoms with E-state index >= 15 is 0 Å². The Labute approximate surface area is 131 Å². The van der Waals surface area contributed by atoms with E-state index in [9.17, 15) is 14.7 Å². The second-order valence-electron chi connectivity index (χ2n) is 6.56. The number of aromatic amines is 1. The third kappa shape index (κ3) is 2.17. The predicted molar refractivity (Wildman–Crippen MR) is 80.2 cm³/mol. The number of fused-ring (bicyclic) bond motifs is 2. The molecule has 23 heavy (non-hydrogen) atoms. The van der Waals surface area contributed by atoms with Gasteiger partial charge < -0.3 is 9.84 Å². The van der Waals surface area contributed by atoms with Gasteiger partial charge in [-0.15, -0.1) is 0 Å². The third-order valence-electron chi connectivity index (χ3n) is 4.89. The molecule has 8 heteroatoms. The maximum absolute atomic E-state index is 12.1. The normalized spacial score (nSPS) is 27.6. The van der Waals surface area contributed by atoms with Crippen LogP contribution >= 0.6 is 0 Å². The average molecular weight is 318 g/mol. The van der Waals surface area contributed by atoms with E-state index in [0.717, 1.165) is 5.69 Å². The van der Waals surface area contributed by atoms with Gasteiger partial charge in [0.1, 0.15) is 5.41 Å². The number of hydrogen-bond acceptors (Lipinski definition) is 5. The molecule has 0 bridgehead atoms. The molecule has 0 aromatic carbocycles. The Morgan fingerprint density at radius 1 is 1.57 bits per heavy atom. The Morgan fingerprint density at radius 2 is 2.39 bits per heavy atom. The topological polar surface area (TPSA) is 99.9 Å². The van der Waals surface area contributed by atoms with Crippen molar-refractivity contribution >= 4 is 11.6 Å².